The predicted octanol–water partition coefficient (Wildman–Crippen LogP) is 8.42. The molecule has 1 aromatic heterocycles. The lowest BCUT2D eigenvalue weighted by molar-refractivity contribution is 0.0699. The smallest absolute Gasteiger partial charge is 0.347 e. The second kappa shape index (κ2) is 10.5. The van der Waals surface area contributed by atoms with E-state index in [1.165, 1.54) is 55.4 Å². The Kier molecular flexibility index (Phi) is 8.00. The van der Waals surface area contributed by atoms with Gasteiger partial charge in [-0.25, -0.2) is 4.79 Å². The van der Waals surface area contributed by atoms with Gasteiger partial charge in [0.05, 0.1) is 0 Å². The predicted molar refractivity (Wildman–Crippen MR) is 124 cm³/mol. The van der Waals surface area contributed by atoms with E-state index in [0.717, 1.165) is 30.8 Å². The van der Waals surface area contributed by atoms with Gasteiger partial charge < -0.3 is 5.11 Å². The maximum absolute atomic E-state index is 11.8. The van der Waals surface area contributed by atoms with Crippen LogP contribution in [0.15, 0.2) is 56.7 Å². The number of hydrogen-bond acceptors (Lipinski definition) is 3. The molecule has 0 atom stereocenters. The highest BCUT2D eigenvalue weighted by Crippen LogP contribution is 2.43. The van der Waals surface area contributed by atoms with Crippen molar-refractivity contribution in [2.45, 2.75) is 61.7 Å². The molecular formula is C23H25BrO2S2. The summed E-state index contributed by atoms with van der Waals surface area (Å²) < 4.78 is 2.03. The second-order valence-electron chi connectivity index (χ2n) is 6.95. The molecule has 0 saturated heterocycles. The monoisotopic (exact) mass is 476 g/mol. The summed E-state index contributed by atoms with van der Waals surface area (Å²) in [4.78, 5) is 14.1. The number of rotatable bonds is 10. The molecule has 148 valence electrons. The van der Waals surface area contributed by atoms with Crippen molar-refractivity contribution in [2.75, 3.05) is 0 Å². The third-order valence-corrected chi connectivity index (χ3v) is 8.20. The summed E-state index contributed by atoms with van der Waals surface area (Å²) in [5, 5.41) is 10.7. The first-order chi connectivity index (χ1) is 13.6. The summed E-state index contributed by atoms with van der Waals surface area (Å²) in [5.74, 6) is -0.858. The molecule has 28 heavy (non-hydrogen) atoms. The standard InChI is InChI=1S/C23H25BrO2S2/c1-2-3-4-5-6-7-10-16-13-14-18(24)20(15-16)28-21-17-11-8-9-12-19(17)27-22(21)23(25)26/h8-9,11-15H,2-7,10H2,1H3,(H,25,26). The van der Waals surface area contributed by atoms with Gasteiger partial charge in [0, 0.05) is 24.3 Å². The molecule has 0 saturated carbocycles. The number of carboxylic acids is 1. The molecule has 1 N–H and O–H groups in total. The van der Waals surface area contributed by atoms with E-state index in [-0.39, 0.29) is 0 Å². The Morgan fingerprint density at radius 3 is 2.61 bits per heavy atom. The summed E-state index contributed by atoms with van der Waals surface area (Å²) in [6.45, 7) is 2.24. The summed E-state index contributed by atoms with van der Waals surface area (Å²) in [6, 6.07) is 14.4. The Morgan fingerprint density at radius 2 is 1.82 bits per heavy atom. The molecule has 3 rings (SSSR count). The average Bonchev–Trinajstić information content (AvgIpc) is 3.06. The molecule has 0 aliphatic rings. The molecule has 3 aromatic rings. The van der Waals surface area contributed by atoms with Crippen LogP contribution in [0.5, 0.6) is 0 Å². The molecular weight excluding hydrogens is 452 g/mol. The Balaban J connectivity index is 1.76. The van der Waals surface area contributed by atoms with Gasteiger partial charge in [-0.3, -0.25) is 0 Å². The van der Waals surface area contributed by atoms with E-state index >= 15 is 0 Å². The van der Waals surface area contributed by atoms with Crippen LogP contribution in [0.1, 0.15) is 60.7 Å². The maximum atomic E-state index is 11.8. The molecule has 0 amide bonds. The number of carbonyl (C=O) groups is 1. The van der Waals surface area contributed by atoms with E-state index in [2.05, 4.69) is 41.1 Å². The van der Waals surface area contributed by atoms with Gasteiger partial charge in [0.25, 0.3) is 0 Å². The van der Waals surface area contributed by atoms with Gasteiger partial charge in [0.1, 0.15) is 4.88 Å². The number of aromatic carboxylic acids is 1. The van der Waals surface area contributed by atoms with Crippen molar-refractivity contribution in [3.63, 3.8) is 0 Å². The lowest BCUT2D eigenvalue weighted by Crippen LogP contribution is -1.94. The second-order valence-corrected chi connectivity index (χ2v) is 9.90. The Labute approximate surface area is 183 Å². The van der Waals surface area contributed by atoms with E-state index < -0.39 is 5.97 Å². The fraction of sp³-hybridized carbons (Fsp3) is 0.348. The molecule has 0 aliphatic heterocycles. The molecule has 0 unspecified atom stereocenters. The van der Waals surface area contributed by atoms with Crippen LogP contribution in [0.3, 0.4) is 0 Å². The number of aryl methyl sites for hydroxylation is 1. The summed E-state index contributed by atoms with van der Waals surface area (Å²) in [5.41, 5.74) is 1.32. The van der Waals surface area contributed by atoms with Gasteiger partial charge in [-0.05, 0) is 52.5 Å². The average molecular weight is 477 g/mol. The minimum absolute atomic E-state index is 0.416. The molecule has 0 fully saturated rings. The minimum Gasteiger partial charge on any atom is -0.477 e. The molecule has 0 spiro atoms. The zero-order chi connectivity index (χ0) is 19.9. The van der Waals surface area contributed by atoms with Crippen LogP contribution in [0.2, 0.25) is 0 Å². The van der Waals surface area contributed by atoms with Gasteiger partial charge >= 0.3 is 5.97 Å². The quantitative estimate of drug-likeness (QED) is 0.298. The molecule has 2 aromatic carbocycles. The molecule has 0 radical (unpaired) electrons. The van der Waals surface area contributed by atoms with Crippen LogP contribution in [0.25, 0.3) is 10.1 Å². The SMILES string of the molecule is CCCCCCCCc1ccc(Br)c(Sc2c(C(=O)O)sc3ccccc23)c1. The van der Waals surface area contributed by atoms with Gasteiger partial charge in [-0.15, -0.1) is 11.3 Å². The molecule has 2 nitrogen and oxygen atoms in total. The lowest BCUT2D eigenvalue weighted by Gasteiger charge is -2.09. The van der Waals surface area contributed by atoms with Crippen molar-refractivity contribution in [3.8, 4) is 0 Å². The van der Waals surface area contributed by atoms with Crippen LogP contribution in [0, 0.1) is 0 Å². The third-order valence-electron chi connectivity index (χ3n) is 4.77. The van der Waals surface area contributed by atoms with E-state index in [9.17, 15) is 9.90 Å². The highest BCUT2D eigenvalue weighted by Gasteiger charge is 2.19. The molecule has 5 heteroatoms. The number of fused-ring (bicyclic) bond motifs is 1. The fourth-order valence-electron chi connectivity index (χ4n) is 3.26. The van der Waals surface area contributed by atoms with Crippen molar-refractivity contribution < 1.29 is 9.90 Å². The van der Waals surface area contributed by atoms with Crippen molar-refractivity contribution in [3.05, 3.63) is 57.4 Å². The van der Waals surface area contributed by atoms with Crippen molar-refractivity contribution in [2.24, 2.45) is 0 Å². The molecule has 0 bridgehead atoms. The minimum atomic E-state index is -0.858. The number of benzene rings is 2. The van der Waals surface area contributed by atoms with Crippen LogP contribution >= 0.6 is 39.0 Å². The first-order valence-corrected chi connectivity index (χ1v) is 12.2. The Morgan fingerprint density at radius 1 is 1.07 bits per heavy atom. The fourth-order valence-corrected chi connectivity index (χ4v) is 6.07. The number of hydrogen-bond donors (Lipinski definition) is 1. The van der Waals surface area contributed by atoms with Crippen molar-refractivity contribution in [1.29, 1.82) is 0 Å². The van der Waals surface area contributed by atoms with E-state index in [0.29, 0.717) is 4.88 Å². The van der Waals surface area contributed by atoms with Gasteiger partial charge in [0.15, 0.2) is 0 Å². The first-order valence-electron chi connectivity index (χ1n) is 9.81. The molecule has 1 heterocycles. The first kappa shape index (κ1) is 21.4. The zero-order valence-corrected chi connectivity index (χ0v) is 19.3. The third kappa shape index (κ3) is 5.40. The van der Waals surface area contributed by atoms with Crippen molar-refractivity contribution in [1.82, 2.24) is 0 Å². The zero-order valence-electron chi connectivity index (χ0n) is 16.0. The molecule has 0 aliphatic carbocycles. The van der Waals surface area contributed by atoms with Crippen LogP contribution in [-0.2, 0) is 6.42 Å². The van der Waals surface area contributed by atoms with E-state index in [1.54, 1.807) is 11.8 Å². The summed E-state index contributed by atoms with van der Waals surface area (Å²) in [7, 11) is 0. The van der Waals surface area contributed by atoms with Gasteiger partial charge in [-0.2, -0.15) is 0 Å². The number of carboxylic acid groups (broad SMARTS) is 1. The lowest BCUT2D eigenvalue weighted by atomic mass is 10.1. The van der Waals surface area contributed by atoms with Crippen LogP contribution < -0.4 is 0 Å². The summed E-state index contributed by atoms with van der Waals surface area (Å²) >= 11 is 6.55. The largest absolute Gasteiger partial charge is 0.477 e. The maximum Gasteiger partial charge on any atom is 0.347 e. The van der Waals surface area contributed by atoms with Gasteiger partial charge in [0.2, 0.25) is 0 Å². The van der Waals surface area contributed by atoms with Crippen LogP contribution in [0.4, 0.5) is 0 Å². The normalized spacial score (nSPS) is 11.2. The van der Waals surface area contributed by atoms with E-state index in [4.69, 9.17) is 0 Å². The highest BCUT2D eigenvalue weighted by molar-refractivity contribution is 9.10. The summed E-state index contributed by atoms with van der Waals surface area (Å²) in [6.07, 6.45) is 8.82. The topological polar surface area (TPSA) is 37.3 Å². The van der Waals surface area contributed by atoms with Crippen molar-refractivity contribution >= 4 is 55.1 Å². The Hall–Kier alpha value is -1.30. The van der Waals surface area contributed by atoms with Crippen LogP contribution in [-0.4, -0.2) is 11.1 Å². The number of thiophene rings is 1. The number of halogens is 1. The van der Waals surface area contributed by atoms with Gasteiger partial charge in [-0.1, -0.05) is 75.1 Å². The van der Waals surface area contributed by atoms with E-state index in [1.807, 2.05) is 24.3 Å². The highest BCUT2D eigenvalue weighted by atomic mass is 79.9. The number of unbranched alkanes of at least 4 members (excludes halogenated alkanes) is 5. The Bertz CT molecular complexity index is 949.